The first kappa shape index (κ1) is 12.4. The summed E-state index contributed by atoms with van der Waals surface area (Å²) in [7, 11) is 1.86. The lowest BCUT2D eigenvalue weighted by molar-refractivity contribution is 0.711. The van der Waals surface area contributed by atoms with Crippen molar-refractivity contribution in [2.45, 2.75) is 53.4 Å². The van der Waals surface area contributed by atoms with E-state index >= 15 is 0 Å². The van der Waals surface area contributed by atoms with Crippen LogP contribution in [-0.2, 0) is 0 Å². The van der Waals surface area contributed by atoms with E-state index in [0.717, 1.165) is 0 Å². The predicted octanol–water partition coefficient (Wildman–Crippen LogP) is 3.99. The molecule has 0 atom stereocenters. The summed E-state index contributed by atoms with van der Waals surface area (Å²) in [6.45, 7) is 8.71. The van der Waals surface area contributed by atoms with Crippen LogP contribution in [0.2, 0.25) is 0 Å². The zero-order valence-corrected chi connectivity index (χ0v) is 9.78. The van der Waals surface area contributed by atoms with E-state index in [9.17, 15) is 0 Å². The quantitative estimate of drug-likeness (QED) is 0.449. The summed E-state index contributed by atoms with van der Waals surface area (Å²) in [4.78, 5) is 4.20. The lowest BCUT2D eigenvalue weighted by atomic mass is 10.0. The minimum atomic E-state index is 1.17. The Kier molecular flexibility index (Phi) is 6.56. The Hall–Kier alpha value is -0.590. The zero-order valence-electron chi connectivity index (χ0n) is 9.78. The molecule has 0 aliphatic carbocycles. The van der Waals surface area contributed by atoms with Gasteiger partial charge in [0.05, 0.1) is 0 Å². The number of unbranched alkanes of at least 4 members (excludes halogenated alkanes) is 2. The summed E-state index contributed by atoms with van der Waals surface area (Å²) >= 11 is 0. The first-order chi connectivity index (χ1) is 6.13. The van der Waals surface area contributed by atoms with Crippen LogP contribution in [0.5, 0.6) is 0 Å². The van der Waals surface area contributed by atoms with Gasteiger partial charge in [-0.1, -0.05) is 25.3 Å². The number of aliphatic imine (C=N–C) groups is 1. The summed E-state index contributed by atoms with van der Waals surface area (Å²) in [5.41, 5.74) is 4.05. The SMILES string of the molecule is CCCCC/C(C)=C(\C)C(C)=NC. The second kappa shape index (κ2) is 6.88. The van der Waals surface area contributed by atoms with E-state index in [0.29, 0.717) is 0 Å². The van der Waals surface area contributed by atoms with Crippen molar-refractivity contribution in [2.24, 2.45) is 4.99 Å². The second-order valence-corrected chi connectivity index (χ2v) is 3.67. The average Bonchev–Trinajstić information content (AvgIpc) is 2.15. The van der Waals surface area contributed by atoms with Gasteiger partial charge in [-0.15, -0.1) is 0 Å². The van der Waals surface area contributed by atoms with Crippen molar-refractivity contribution in [3.8, 4) is 0 Å². The fourth-order valence-corrected chi connectivity index (χ4v) is 1.30. The van der Waals surface area contributed by atoms with E-state index < -0.39 is 0 Å². The van der Waals surface area contributed by atoms with Gasteiger partial charge >= 0.3 is 0 Å². The van der Waals surface area contributed by atoms with E-state index in [2.05, 4.69) is 32.7 Å². The summed E-state index contributed by atoms with van der Waals surface area (Å²) < 4.78 is 0. The Bertz CT molecular complexity index is 199. The molecule has 0 N–H and O–H groups in total. The van der Waals surface area contributed by atoms with Gasteiger partial charge in [0.1, 0.15) is 0 Å². The molecule has 0 unspecified atom stereocenters. The lowest BCUT2D eigenvalue weighted by Crippen LogP contribution is -1.96. The molecule has 0 amide bonds. The molecule has 13 heavy (non-hydrogen) atoms. The fraction of sp³-hybridized carbons (Fsp3) is 0.750. The van der Waals surface area contributed by atoms with Crippen molar-refractivity contribution in [2.75, 3.05) is 7.05 Å². The highest BCUT2D eigenvalue weighted by Gasteiger charge is 1.99. The maximum absolute atomic E-state index is 4.20. The highest BCUT2D eigenvalue weighted by atomic mass is 14.7. The van der Waals surface area contributed by atoms with E-state index in [1.54, 1.807) is 0 Å². The minimum Gasteiger partial charge on any atom is -0.293 e. The minimum absolute atomic E-state index is 1.17. The molecule has 0 saturated carbocycles. The molecular weight excluding hydrogens is 158 g/mol. The topological polar surface area (TPSA) is 12.4 Å². The Morgan fingerprint density at radius 1 is 1.08 bits per heavy atom. The number of allylic oxidation sites excluding steroid dienone is 2. The number of rotatable bonds is 5. The van der Waals surface area contributed by atoms with Crippen molar-refractivity contribution in [1.29, 1.82) is 0 Å². The molecule has 0 radical (unpaired) electrons. The maximum atomic E-state index is 4.20. The third-order valence-electron chi connectivity index (χ3n) is 2.67. The van der Waals surface area contributed by atoms with Gasteiger partial charge in [0, 0.05) is 12.8 Å². The third-order valence-corrected chi connectivity index (χ3v) is 2.67. The van der Waals surface area contributed by atoms with Crippen molar-refractivity contribution < 1.29 is 0 Å². The molecule has 1 nitrogen and oxygen atoms in total. The largest absolute Gasteiger partial charge is 0.293 e. The molecular formula is C12H23N. The average molecular weight is 181 g/mol. The van der Waals surface area contributed by atoms with Crippen LogP contribution in [0, 0.1) is 0 Å². The van der Waals surface area contributed by atoms with Crippen LogP contribution in [-0.4, -0.2) is 12.8 Å². The van der Waals surface area contributed by atoms with Crippen LogP contribution in [0.4, 0.5) is 0 Å². The van der Waals surface area contributed by atoms with Gasteiger partial charge in [0.15, 0.2) is 0 Å². The molecule has 0 rings (SSSR count). The van der Waals surface area contributed by atoms with Gasteiger partial charge in [-0.3, -0.25) is 4.99 Å². The van der Waals surface area contributed by atoms with Gasteiger partial charge < -0.3 is 0 Å². The Morgan fingerprint density at radius 2 is 1.69 bits per heavy atom. The highest BCUT2D eigenvalue weighted by Crippen LogP contribution is 2.13. The Labute approximate surface area is 83.0 Å². The molecule has 0 aromatic carbocycles. The van der Waals surface area contributed by atoms with Crippen LogP contribution in [0.3, 0.4) is 0 Å². The van der Waals surface area contributed by atoms with E-state index in [1.807, 2.05) is 7.05 Å². The molecule has 0 fully saturated rings. The van der Waals surface area contributed by atoms with E-state index in [-0.39, 0.29) is 0 Å². The van der Waals surface area contributed by atoms with Crippen molar-refractivity contribution in [1.82, 2.24) is 0 Å². The number of nitrogens with zero attached hydrogens (tertiary/aromatic N) is 1. The predicted molar refractivity (Wildman–Crippen MR) is 61.5 cm³/mol. The van der Waals surface area contributed by atoms with Gasteiger partial charge in [0.25, 0.3) is 0 Å². The first-order valence-corrected chi connectivity index (χ1v) is 5.23. The monoisotopic (exact) mass is 181 g/mol. The fourth-order valence-electron chi connectivity index (χ4n) is 1.30. The molecule has 0 aromatic rings. The maximum Gasteiger partial charge on any atom is 0.0342 e. The first-order valence-electron chi connectivity index (χ1n) is 5.23. The Morgan fingerprint density at radius 3 is 2.15 bits per heavy atom. The lowest BCUT2D eigenvalue weighted by Gasteiger charge is -2.06. The molecule has 1 heteroatoms. The summed E-state index contributed by atoms with van der Waals surface area (Å²) in [6.07, 6.45) is 5.18. The van der Waals surface area contributed by atoms with Crippen molar-refractivity contribution >= 4 is 5.71 Å². The van der Waals surface area contributed by atoms with Crippen LogP contribution >= 0.6 is 0 Å². The van der Waals surface area contributed by atoms with Crippen LogP contribution < -0.4 is 0 Å². The van der Waals surface area contributed by atoms with Gasteiger partial charge in [-0.2, -0.15) is 0 Å². The van der Waals surface area contributed by atoms with Crippen LogP contribution in [0.1, 0.15) is 53.4 Å². The van der Waals surface area contributed by atoms with Gasteiger partial charge in [-0.25, -0.2) is 0 Å². The second-order valence-electron chi connectivity index (χ2n) is 3.67. The summed E-state index contributed by atoms with van der Waals surface area (Å²) in [5, 5.41) is 0. The van der Waals surface area contributed by atoms with Gasteiger partial charge in [0.2, 0.25) is 0 Å². The highest BCUT2D eigenvalue weighted by molar-refractivity contribution is 5.98. The Balaban J connectivity index is 4.11. The molecule has 0 bridgehead atoms. The van der Waals surface area contributed by atoms with Crippen LogP contribution in [0.15, 0.2) is 16.1 Å². The van der Waals surface area contributed by atoms with Gasteiger partial charge in [-0.05, 0) is 39.2 Å². The summed E-state index contributed by atoms with van der Waals surface area (Å²) in [6, 6.07) is 0. The molecule has 0 heterocycles. The third kappa shape index (κ3) is 4.87. The molecule has 76 valence electrons. The van der Waals surface area contributed by atoms with E-state index in [4.69, 9.17) is 0 Å². The van der Waals surface area contributed by atoms with Crippen molar-refractivity contribution in [3.05, 3.63) is 11.1 Å². The van der Waals surface area contributed by atoms with Crippen LogP contribution in [0.25, 0.3) is 0 Å². The standard InChI is InChI=1S/C12H23N/c1-6-7-8-9-10(2)11(3)12(4)13-5/h6-9H2,1-5H3/b11-10+,13-12?. The molecule has 0 aliphatic heterocycles. The number of hydrogen-bond donors (Lipinski definition) is 0. The molecule has 0 aromatic heterocycles. The smallest absolute Gasteiger partial charge is 0.0342 e. The normalized spacial score (nSPS) is 14.4. The molecule has 0 spiro atoms. The molecule has 0 saturated heterocycles. The molecule has 0 aliphatic rings. The van der Waals surface area contributed by atoms with E-state index in [1.165, 1.54) is 42.5 Å². The summed E-state index contributed by atoms with van der Waals surface area (Å²) in [5.74, 6) is 0. The number of hydrogen-bond acceptors (Lipinski definition) is 1. The zero-order chi connectivity index (χ0) is 10.3. The van der Waals surface area contributed by atoms with Crippen molar-refractivity contribution in [3.63, 3.8) is 0 Å².